The van der Waals surface area contributed by atoms with Crippen LogP contribution in [-0.2, 0) is 4.79 Å². The molecular weight excluding hydrogens is 278 g/mol. The van der Waals surface area contributed by atoms with Crippen molar-refractivity contribution < 1.29 is 14.6 Å². The van der Waals surface area contributed by atoms with Crippen molar-refractivity contribution in [2.75, 3.05) is 6.54 Å². The van der Waals surface area contributed by atoms with Gasteiger partial charge in [0.05, 0.1) is 4.47 Å². The van der Waals surface area contributed by atoms with E-state index in [2.05, 4.69) is 31.2 Å². The van der Waals surface area contributed by atoms with Gasteiger partial charge in [-0.15, -0.1) is 0 Å². The Bertz CT molecular complexity index is 384. The van der Waals surface area contributed by atoms with Crippen molar-refractivity contribution in [3.63, 3.8) is 0 Å². The fourth-order valence-electron chi connectivity index (χ4n) is 1.49. The summed E-state index contributed by atoms with van der Waals surface area (Å²) in [6.07, 6.45) is 3.40. The van der Waals surface area contributed by atoms with E-state index in [9.17, 15) is 4.79 Å². The molecule has 1 aromatic rings. The second-order valence-corrected chi connectivity index (χ2v) is 4.37. The van der Waals surface area contributed by atoms with Gasteiger partial charge in [-0.25, -0.2) is 9.97 Å². The fourth-order valence-corrected chi connectivity index (χ4v) is 1.70. The molecule has 1 aromatic heterocycles. The van der Waals surface area contributed by atoms with Crippen LogP contribution in [0.3, 0.4) is 0 Å². The first-order valence-corrected chi connectivity index (χ1v) is 5.55. The lowest BCUT2D eigenvalue weighted by molar-refractivity contribution is -0.139. The van der Waals surface area contributed by atoms with E-state index in [1.165, 1.54) is 0 Å². The summed E-state index contributed by atoms with van der Waals surface area (Å²) in [6, 6.07) is -0.276. The summed E-state index contributed by atoms with van der Waals surface area (Å²) in [7, 11) is 0. The van der Waals surface area contributed by atoms with E-state index >= 15 is 0 Å². The first-order chi connectivity index (χ1) is 7.65. The van der Waals surface area contributed by atoms with Gasteiger partial charge in [0.1, 0.15) is 12.1 Å². The number of carboxylic acids is 1. The van der Waals surface area contributed by atoms with Gasteiger partial charge in [-0.3, -0.25) is 4.79 Å². The van der Waals surface area contributed by atoms with Crippen molar-refractivity contribution in [3.05, 3.63) is 16.9 Å². The molecular formula is C9H10BrN3O3. The van der Waals surface area contributed by atoms with Gasteiger partial charge < -0.3 is 15.2 Å². The number of carbonyl (C=O) groups is 1. The topological polar surface area (TPSA) is 84.3 Å². The molecule has 2 atom stereocenters. The zero-order valence-corrected chi connectivity index (χ0v) is 9.85. The second-order valence-electron chi connectivity index (χ2n) is 3.46. The van der Waals surface area contributed by atoms with Crippen LogP contribution in [0.1, 0.15) is 6.42 Å². The average molecular weight is 288 g/mol. The largest absolute Gasteiger partial charge is 0.480 e. The third kappa shape index (κ3) is 2.67. The lowest BCUT2D eigenvalue weighted by Crippen LogP contribution is -2.30. The number of ether oxygens (including phenoxy) is 1. The van der Waals surface area contributed by atoms with Crippen molar-refractivity contribution in [1.29, 1.82) is 0 Å². The van der Waals surface area contributed by atoms with Crippen molar-refractivity contribution in [1.82, 2.24) is 15.3 Å². The van der Waals surface area contributed by atoms with Crippen LogP contribution in [0.2, 0.25) is 0 Å². The zero-order chi connectivity index (χ0) is 11.5. The number of nitrogens with one attached hydrogen (secondary N) is 1. The van der Waals surface area contributed by atoms with E-state index in [4.69, 9.17) is 9.84 Å². The summed E-state index contributed by atoms with van der Waals surface area (Å²) >= 11 is 3.22. The van der Waals surface area contributed by atoms with Crippen LogP contribution in [0.15, 0.2) is 16.9 Å². The van der Waals surface area contributed by atoms with Crippen molar-refractivity contribution >= 4 is 21.9 Å². The van der Waals surface area contributed by atoms with Gasteiger partial charge in [-0.1, -0.05) is 0 Å². The Kier molecular flexibility index (Phi) is 3.35. The lowest BCUT2D eigenvalue weighted by Gasteiger charge is -2.09. The number of carboxylic acid groups (broad SMARTS) is 1. The smallest absolute Gasteiger partial charge is 0.320 e. The molecule has 86 valence electrons. The van der Waals surface area contributed by atoms with E-state index < -0.39 is 12.0 Å². The van der Waals surface area contributed by atoms with Crippen molar-refractivity contribution in [2.24, 2.45) is 0 Å². The van der Waals surface area contributed by atoms with Crippen LogP contribution in [0.4, 0.5) is 0 Å². The molecule has 0 aromatic carbocycles. The first-order valence-electron chi connectivity index (χ1n) is 4.75. The predicted octanol–water partition coefficient (Wildman–Crippen LogP) is 0.433. The van der Waals surface area contributed by atoms with E-state index in [0.29, 0.717) is 13.0 Å². The first kappa shape index (κ1) is 11.3. The zero-order valence-electron chi connectivity index (χ0n) is 8.26. The lowest BCUT2D eigenvalue weighted by atomic mass is 10.2. The van der Waals surface area contributed by atoms with Gasteiger partial charge in [0.15, 0.2) is 0 Å². The van der Waals surface area contributed by atoms with Gasteiger partial charge in [0.2, 0.25) is 0 Å². The monoisotopic (exact) mass is 287 g/mol. The Morgan fingerprint density at radius 3 is 2.81 bits per heavy atom. The number of halogens is 1. The highest BCUT2D eigenvalue weighted by molar-refractivity contribution is 9.10. The van der Waals surface area contributed by atoms with Crippen LogP contribution < -0.4 is 10.1 Å². The maximum absolute atomic E-state index is 10.7. The quantitative estimate of drug-likeness (QED) is 0.839. The molecule has 1 aliphatic heterocycles. The van der Waals surface area contributed by atoms with E-state index in [-0.39, 0.29) is 12.1 Å². The third-order valence-corrected chi connectivity index (χ3v) is 2.67. The summed E-state index contributed by atoms with van der Waals surface area (Å²) in [6.45, 7) is 0.496. The summed E-state index contributed by atoms with van der Waals surface area (Å²) in [5.74, 6) is -0.858. The summed E-state index contributed by atoms with van der Waals surface area (Å²) in [5, 5.41) is 11.6. The molecule has 7 heteroatoms. The molecule has 1 fully saturated rings. The van der Waals surface area contributed by atoms with Crippen LogP contribution >= 0.6 is 15.9 Å². The molecule has 2 rings (SSSR count). The average Bonchev–Trinajstić information content (AvgIpc) is 2.70. The number of nitrogens with zero attached hydrogens (tertiary/aromatic N) is 2. The van der Waals surface area contributed by atoms with Gasteiger partial charge in [0, 0.05) is 25.4 Å². The van der Waals surface area contributed by atoms with Gasteiger partial charge in [0.25, 0.3) is 0 Å². The maximum atomic E-state index is 10.7. The summed E-state index contributed by atoms with van der Waals surface area (Å²) in [4.78, 5) is 18.6. The second kappa shape index (κ2) is 4.75. The molecule has 0 saturated carbocycles. The molecule has 6 nitrogen and oxygen atoms in total. The van der Waals surface area contributed by atoms with Gasteiger partial charge in [-0.05, 0) is 15.9 Å². The highest BCUT2D eigenvalue weighted by Crippen LogP contribution is 2.14. The number of rotatable bonds is 3. The maximum Gasteiger partial charge on any atom is 0.320 e. The Hall–Kier alpha value is -1.21. The summed E-state index contributed by atoms with van der Waals surface area (Å²) < 4.78 is 6.21. The van der Waals surface area contributed by atoms with E-state index in [1.807, 2.05) is 0 Å². The van der Waals surface area contributed by atoms with Crippen molar-refractivity contribution in [3.8, 4) is 6.01 Å². The van der Waals surface area contributed by atoms with Crippen LogP contribution in [-0.4, -0.2) is 39.7 Å². The Morgan fingerprint density at radius 1 is 1.56 bits per heavy atom. The predicted molar refractivity (Wildman–Crippen MR) is 58.2 cm³/mol. The van der Waals surface area contributed by atoms with E-state index in [1.54, 1.807) is 12.4 Å². The molecule has 2 heterocycles. The molecule has 2 unspecified atom stereocenters. The standard InChI is InChI=1S/C9H10BrN3O3/c10-5-2-12-9(13-3-5)16-6-1-7(8(14)15)11-4-6/h2-3,6-7,11H,1,4H2,(H,14,15). The Morgan fingerprint density at radius 2 is 2.25 bits per heavy atom. The minimum atomic E-state index is -0.858. The van der Waals surface area contributed by atoms with Gasteiger partial charge >= 0.3 is 12.0 Å². The molecule has 0 amide bonds. The molecule has 2 N–H and O–H groups in total. The number of aromatic nitrogens is 2. The molecule has 0 spiro atoms. The number of aliphatic carboxylic acids is 1. The molecule has 0 radical (unpaired) electrons. The Labute approximate surface area is 100 Å². The Balaban J connectivity index is 1.92. The number of hydrogen-bond donors (Lipinski definition) is 2. The molecule has 16 heavy (non-hydrogen) atoms. The van der Waals surface area contributed by atoms with Crippen LogP contribution in [0, 0.1) is 0 Å². The minimum Gasteiger partial charge on any atom is -0.480 e. The normalized spacial score (nSPS) is 24.3. The molecule has 1 aliphatic rings. The minimum absolute atomic E-state index is 0.192. The van der Waals surface area contributed by atoms with E-state index in [0.717, 1.165) is 4.47 Å². The van der Waals surface area contributed by atoms with Crippen LogP contribution in [0.25, 0.3) is 0 Å². The number of hydrogen-bond acceptors (Lipinski definition) is 5. The molecule has 0 aliphatic carbocycles. The third-order valence-electron chi connectivity index (χ3n) is 2.26. The molecule has 0 bridgehead atoms. The SMILES string of the molecule is O=C(O)C1CC(Oc2ncc(Br)cn2)CN1. The van der Waals surface area contributed by atoms with Crippen LogP contribution in [0.5, 0.6) is 6.01 Å². The highest BCUT2D eigenvalue weighted by atomic mass is 79.9. The van der Waals surface area contributed by atoms with Crippen molar-refractivity contribution in [2.45, 2.75) is 18.6 Å². The van der Waals surface area contributed by atoms with Gasteiger partial charge in [-0.2, -0.15) is 0 Å². The summed E-state index contributed by atoms with van der Waals surface area (Å²) in [5.41, 5.74) is 0. The molecule has 1 saturated heterocycles. The fraction of sp³-hybridized carbons (Fsp3) is 0.444. The highest BCUT2D eigenvalue weighted by Gasteiger charge is 2.30.